The molecule has 1 aromatic carbocycles. The number of nitrogen functional groups attached to an aromatic ring is 1. The average Bonchev–Trinajstić information content (AvgIpc) is 2.88. The lowest BCUT2D eigenvalue weighted by Crippen LogP contribution is -2.38. The number of aliphatic hydroxyl groups is 1. The molecule has 1 heterocycles. The first-order valence-corrected chi connectivity index (χ1v) is 6.11. The van der Waals surface area contributed by atoms with Gasteiger partial charge in [-0.05, 0) is 18.9 Å². The Morgan fingerprint density at radius 1 is 1.60 bits per heavy atom. The van der Waals surface area contributed by atoms with Crippen LogP contribution >= 0.6 is 0 Å². The maximum atomic E-state index is 13.4. The second-order valence-electron chi connectivity index (χ2n) is 4.62. The van der Waals surface area contributed by atoms with E-state index in [9.17, 15) is 24.4 Å². The molecule has 108 valence electrons. The molecule has 1 saturated heterocycles. The molecule has 0 aliphatic carbocycles. The van der Waals surface area contributed by atoms with Crippen LogP contribution in [0.3, 0.4) is 0 Å². The Morgan fingerprint density at radius 2 is 2.30 bits per heavy atom. The summed E-state index contributed by atoms with van der Waals surface area (Å²) < 4.78 is 13.4. The number of carbonyl (C=O) groups is 1. The summed E-state index contributed by atoms with van der Waals surface area (Å²) in [6, 6.07) is 1.21. The monoisotopic (exact) mass is 283 g/mol. The minimum Gasteiger partial charge on any atom is -0.394 e. The topological polar surface area (TPSA) is 110 Å². The standard InChI is InChI=1S/C12H14FN3O4/c13-7-4-9(11(14)10(5-7)16(19)20)12(18)15-3-1-2-8(15)6-17/h4-5,8,17H,1-3,6,14H2. The van der Waals surface area contributed by atoms with Gasteiger partial charge in [0, 0.05) is 6.54 Å². The molecule has 0 bridgehead atoms. The van der Waals surface area contributed by atoms with Gasteiger partial charge >= 0.3 is 0 Å². The molecule has 0 saturated carbocycles. The third-order valence-electron chi connectivity index (χ3n) is 3.40. The first-order valence-electron chi connectivity index (χ1n) is 6.11. The van der Waals surface area contributed by atoms with Crippen LogP contribution in [0, 0.1) is 15.9 Å². The zero-order valence-electron chi connectivity index (χ0n) is 10.6. The highest BCUT2D eigenvalue weighted by atomic mass is 19.1. The van der Waals surface area contributed by atoms with Gasteiger partial charge in [0.1, 0.15) is 11.5 Å². The molecule has 1 fully saturated rings. The van der Waals surface area contributed by atoms with Crippen molar-refractivity contribution in [3.63, 3.8) is 0 Å². The number of nitro groups is 1. The summed E-state index contributed by atoms with van der Waals surface area (Å²) in [5.41, 5.74) is 4.36. The summed E-state index contributed by atoms with van der Waals surface area (Å²) in [6.45, 7) is 0.205. The third-order valence-corrected chi connectivity index (χ3v) is 3.40. The number of rotatable bonds is 3. The molecule has 0 radical (unpaired) electrons. The number of nitrogens with zero attached hydrogens (tertiary/aromatic N) is 2. The molecule has 2 rings (SSSR count). The number of hydrogen-bond donors (Lipinski definition) is 2. The van der Waals surface area contributed by atoms with Crippen molar-refractivity contribution in [3.8, 4) is 0 Å². The van der Waals surface area contributed by atoms with Gasteiger partial charge < -0.3 is 15.7 Å². The Morgan fingerprint density at radius 3 is 2.90 bits per heavy atom. The van der Waals surface area contributed by atoms with Gasteiger partial charge in [-0.1, -0.05) is 0 Å². The van der Waals surface area contributed by atoms with Crippen molar-refractivity contribution in [2.24, 2.45) is 0 Å². The Kier molecular flexibility index (Phi) is 3.84. The van der Waals surface area contributed by atoms with E-state index in [-0.39, 0.29) is 23.9 Å². The number of benzene rings is 1. The number of hydrogen-bond acceptors (Lipinski definition) is 5. The van der Waals surface area contributed by atoms with Crippen LogP contribution in [0.5, 0.6) is 0 Å². The van der Waals surface area contributed by atoms with E-state index >= 15 is 0 Å². The van der Waals surface area contributed by atoms with Crippen molar-refractivity contribution in [2.45, 2.75) is 18.9 Å². The average molecular weight is 283 g/mol. The molecule has 0 aromatic heterocycles. The fourth-order valence-corrected chi connectivity index (χ4v) is 2.38. The number of carbonyl (C=O) groups excluding carboxylic acids is 1. The molecule has 8 heteroatoms. The highest BCUT2D eigenvalue weighted by molar-refractivity contribution is 6.01. The van der Waals surface area contributed by atoms with Crippen LogP contribution in [-0.2, 0) is 0 Å². The summed E-state index contributed by atoms with van der Waals surface area (Å²) in [5.74, 6) is -1.49. The van der Waals surface area contributed by atoms with Crippen LogP contribution in [0.4, 0.5) is 15.8 Å². The van der Waals surface area contributed by atoms with Gasteiger partial charge in [0.2, 0.25) is 0 Å². The molecule has 1 aliphatic heterocycles. The van der Waals surface area contributed by atoms with Crippen molar-refractivity contribution in [1.82, 2.24) is 4.90 Å². The van der Waals surface area contributed by atoms with E-state index in [1.807, 2.05) is 0 Å². The summed E-state index contributed by atoms with van der Waals surface area (Å²) in [5, 5.41) is 20.0. The number of halogens is 1. The molecule has 1 unspecified atom stereocenters. The van der Waals surface area contributed by atoms with Crippen molar-refractivity contribution >= 4 is 17.3 Å². The van der Waals surface area contributed by atoms with E-state index in [0.717, 1.165) is 6.07 Å². The minimum absolute atomic E-state index is 0.205. The highest BCUT2D eigenvalue weighted by Gasteiger charge is 2.32. The molecule has 1 atom stereocenters. The number of amides is 1. The van der Waals surface area contributed by atoms with E-state index in [2.05, 4.69) is 0 Å². The lowest BCUT2D eigenvalue weighted by molar-refractivity contribution is -0.384. The lowest BCUT2D eigenvalue weighted by atomic mass is 10.1. The van der Waals surface area contributed by atoms with Crippen LogP contribution in [-0.4, -0.2) is 40.0 Å². The summed E-state index contributed by atoms with van der Waals surface area (Å²) in [4.78, 5) is 23.6. The first-order chi connectivity index (χ1) is 9.45. The molecule has 0 spiro atoms. The summed E-state index contributed by atoms with van der Waals surface area (Å²) in [7, 11) is 0. The van der Waals surface area contributed by atoms with Crippen molar-refractivity contribution in [3.05, 3.63) is 33.6 Å². The van der Waals surface area contributed by atoms with Gasteiger partial charge in [0.05, 0.1) is 29.2 Å². The van der Waals surface area contributed by atoms with Gasteiger partial charge in [-0.25, -0.2) is 4.39 Å². The summed E-state index contributed by atoms with van der Waals surface area (Å²) in [6.07, 6.45) is 1.35. The first kappa shape index (κ1) is 14.2. The van der Waals surface area contributed by atoms with Gasteiger partial charge in [-0.2, -0.15) is 0 Å². The van der Waals surface area contributed by atoms with Crippen molar-refractivity contribution in [2.75, 3.05) is 18.9 Å². The molecule has 1 aliphatic rings. The maximum Gasteiger partial charge on any atom is 0.295 e. The Hall–Kier alpha value is -2.22. The third kappa shape index (κ3) is 2.42. The number of nitrogens with two attached hydrogens (primary N) is 1. The van der Waals surface area contributed by atoms with Crippen molar-refractivity contribution < 1.29 is 19.2 Å². The van der Waals surface area contributed by atoms with Gasteiger partial charge in [0.25, 0.3) is 11.6 Å². The Labute approximate surface area is 113 Å². The predicted octanol–water partition coefficient (Wildman–Crippen LogP) is 0.913. The van der Waals surface area contributed by atoms with Crippen LogP contribution in [0.2, 0.25) is 0 Å². The largest absolute Gasteiger partial charge is 0.394 e. The zero-order valence-corrected chi connectivity index (χ0v) is 10.6. The van der Waals surface area contributed by atoms with Crippen LogP contribution in [0.25, 0.3) is 0 Å². The fraction of sp³-hybridized carbons (Fsp3) is 0.417. The molecular formula is C12H14FN3O4. The van der Waals surface area contributed by atoms with E-state index in [1.54, 1.807) is 0 Å². The molecule has 1 aromatic rings. The molecular weight excluding hydrogens is 269 g/mol. The van der Waals surface area contributed by atoms with Gasteiger partial charge in [-0.3, -0.25) is 14.9 Å². The minimum atomic E-state index is -0.894. The molecule has 20 heavy (non-hydrogen) atoms. The Bertz CT molecular complexity index is 564. The fourth-order valence-electron chi connectivity index (χ4n) is 2.38. The number of nitro benzene ring substituents is 1. The SMILES string of the molecule is Nc1c(C(=O)N2CCCC2CO)cc(F)cc1[N+](=O)[O-]. The van der Waals surface area contributed by atoms with E-state index in [4.69, 9.17) is 5.73 Å². The number of aliphatic hydroxyl groups excluding tert-OH is 1. The molecule has 3 N–H and O–H groups in total. The molecule has 7 nitrogen and oxygen atoms in total. The van der Waals surface area contributed by atoms with Gasteiger partial charge in [-0.15, -0.1) is 0 Å². The smallest absolute Gasteiger partial charge is 0.295 e. The van der Waals surface area contributed by atoms with Crippen LogP contribution in [0.1, 0.15) is 23.2 Å². The summed E-state index contributed by atoms with van der Waals surface area (Å²) >= 11 is 0. The van der Waals surface area contributed by atoms with Crippen LogP contribution in [0.15, 0.2) is 12.1 Å². The number of likely N-dealkylation sites (tertiary alicyclic amines) is 1. The quantitative estimate of drug-likeness (QED) is 0.487. The normalized spacial score (nSPS) is 18.3. The number of anilines is 1. The molecule has 1 amide bonds. The second-order valence-corrected chi connectivity index (χ2v) is 4.62. The maximum absolute atomic E-state index is 13.4. The van der Waals surface area contributed by atoms with Gasteiger partial charge in [0.15, 0.2) is 0 Å². The van der Waals surface area contributed by atoms with E-state index in [0.29, 0.717) is 25.5 Å². The zero-order chi connectivity index (χ0) is 14.9. The predicted molar refractivity (Wildman–Crippen MR) is 68.6 cm³/mol. The second kappa shape index (κ2) is 5.41. The van der Waals surface area contributed by atoms with E-state index < -0.39 is 22.3 Å². The van der Waals surface area contributed by atoms with Crippen LogP contribution < -0.4 is 5.73 Å². The highest BCUT2D eigenvalue weighted by Crippen LogP contribution is 2.29. The van der Waals surface area contributed by atoms with E-state index in [1.165, 1.54) is 4.90 Å². The van der Waals surface area contributed by atoms with Crippen molar-refractivity contribution in [1.29, 1.82) is 0 Å². The Balaban J connectivity index is 2.42. The lowest BCUT2D eigenvalue weighted by Gasteiger charge is -2.23.